The lowest BCUT2D eigenvalue weighted by Crippen LogP contribution is -2.48. The Morgan fingerprint density at radius 1 is 0.970 bits per heavy atom. The molecule has 2 aromatic carbocycles. The lowest BCUT2D eigenvalue weighted by molar-refractivity contribution is -0.0452. The first-order valence-electron chi connectivity index (χ1n) is 9.75. The molecule has 0 radical (unpaired) electrons. The van der Waals surface area contributed by atoms with Crippen LogP contribution in [0.1, 0.15) is 36.8 Å². The molecule has 1 fully saturated rings. The third kappa shape index (κ3) is 4.69. The fourth-order valence-corrected chi connectivity index (χ4v) is 7.00. The molecule has 0 spiro atoms. The molecule has 1 N–H and O–H groups in total. The molecular weight excluding hydrogens is 489 g/mol. The van der Waals surface area contributed by atoms with Gasteiger partial charge in [0, 0.05) is 11.6 Å². The summed E-state index contributed by atoms with van der Waals surface area (Å²) in [6, 6.07) is 6.64. The van der Waals surface area contributed by atoms with Gasteiger partial charge in [-0.25, -0.2) is 30.3 Å². The summed E-state index contributed by atoms with van der Waals surface area (Å²) >= 11 is 0. The first-order valence-corrected chi connectivity index (χ1v) is 12.7. The summed E-state index contributed by atoms with van der Waals surface area (Å²) in [7, 11) is -10.0. The number of sulfone groups is 1. The minimum Gasteiger partial charge on any atom is -0.223 e. The van der Waals surface area contributed by atoms with Gasteiger partial charge in [-0.3, -0.25) is 0 Å². The number of alkyl halides is 3. The second-order valence-corrected chi connectivity index (χ2v) is 11.7. The molecule has 0 aromatic heterocycles. The number of hydrogen-bond donors (Lipinski definition) is 1. The molecule has 33 heavy (non-hydrogen) atoms. The van der Waals surface area contributed by atoms with Crippen molar-refractivity contribution in [3.63, 3.8) is 0 Å². The van der Waals surface area contributed by atoms with Gasteiger partial charge in [0.25, 0.3) is 0 Å². The molecule has 0 aliphatic heterocycles. The Hall–Kier alpha value is -2.31. The molecule has 1 saturated carbocycles. The quantitative estimate of drug-likeness (QED) is 0.575. The van der Waals surface area contributed by atoms with Crippen LogP contribution in [0.2, 0.25) is 0 Å². The van der Waals surface area contributed by atoms with Crippen LogP contribution in [0.5, 0.6) is 0 Å². The number of rotatable bonds is 6. The zero-order valence-corrected chi connectivity index (χ0v) is 18.7. The van der Waals surface area contributed by atoms with E-state index in [1.807, 2.05) is 0 Å². The topological polar surface area (TPSA) is 80.3 Å². The maximum absolute atomic E-state index is 14.8. The van der Waals surface area contributed by atoms with Gasteiger partial charge in [0.1, 0.15) is 16.4 Å². The number of nitrogens with one attached hydrogen (secondary N) is 1. The third-order valence-electron chi connectivity index (χ3n) is 5.78. The van der Waals surface area contributed by atoms with Crippen LogP contribution < -0.4 is 4.72 Å². The van der Waals surface area contributed by atoms with E-state index >= 15 is 0 Å². The van der Waals surface area contributed by atoms with E-state index in [2.05, 4.69) is 6.58 Å². The van der Waals surface area contributed by atoms with Crippen molar-refractivity contribution in [1.82, 2.24) is 4.72 Å². The third-order valence-corrected chi connectivity index (χ3v) is 9.58. The number of halogens is 5. The molecule has 180 valence electrons. The standard InChI is InChI=1S/C21H20F5NO4S2/c1-2-14-3-6-17(7-4-14)32(28,29)20(18-13-15(22)5-8-19(18)23)11-9-16(10-12-20)27-33(30,31)21(24,25)26/h2-8,13,16,27H,1,9-12H2/t16-,20+. The van der Waals surface area contributed by atoms with E-state index in [-0.39, 0.29) is 17.7 Å². The van der Waals surface area contributed by atoms with Gasteiger partial charge >= 0.3 is 15.5 Å². The summed E-state index contributed by atoms with van der Waals surface area (Å²) in [6.45, 7) is 3.57. The molecule has 0 atom stereocenters. The SMILES string of the molecule is C=Cc1ccc(S(=O)(=O)[C@]2(c3cc(F)ccc3F)CC[C@H](NS(=O)(=O)C(F)(F)F)CC2)cc1. The van der Waals surface area contributed by atoms with Crippen LogP contribution in [0.15, 0.2) is 53.9 Å². The lowest BCUT2D eigenvalue weighted by Gasteiger charge is -2.40. The summed E-state index contributed by atoms with van der Waals surface area (Å²) in [4.78, 5) is -0.189. The Balaban J connectivity index is 2.06. The molecule has 12 heteroatoms. The molecular formula is C21H20F5NO4S2. The Morgan fingerprint density at radius 2 is 1.55 bits per heavy atom. The Morgan fingerprint density at radius 3 is 2.06 bits per heavy atom. The zero-order valence-electron chi connectivity index (χ0n) is 17.1. The van der Waals surface area contributed by atoms with E-state index < -0.39 is 66.2 Å². The van der Waals surface area contributed by atoms with Gasteiger partial charge in [-0.05, 0) is 61.6 Å². The minimum absolute atomic E-state index is 0.189. The van der Waals surface area contributed by atoms with Crippen molar-refractivity contribution in [2.24, 2.45) is 0 Å². The maximum atomic E-state index is 14.8. The largest absolute Gasteiger partial charge is 0.511 e. The number of benzene rings is 2. The van der Waals surface area contributed by atoms with Gasteiger partial charge in [0.2, 0.25) is 0 Å². The highest BCUT2D eigenvalue weighted by Gasteiger charge is 2.52. The van der Waals surface area contributed by atoms with Crippen molar-refractivity contribution in [2.45, 2.75) is 46.9 Å². The molecule has 5 nitrogen and oxygen atoms in total. The Labute approximate surface area is 188 Å². The predicted octanol–water partition coefficient (Wildman–Crippen LogP) is 4.66. The predicted molar refractivity (Wildman–Crippen MR) is 112 cm³/mol. The maximum Gasteiger partial charge on any atom is 0.511 e. The molecule has 3 rings (SSSR count). The molecule has 0 heterocycles. The average molecular weight is 510 g/mol. The van der Waals surface area contributed by atoms with Crippen LogP contribution in [0, 0.1) is 11.6 Å². The Kier molecular flexibility index (Phi) is 6.75. The van der Waals surface area contributed by atoms with E-state index in [0.29, 0.717) is 5.56 Å². The molecule has 0 bridgehead atoms. The smallest absolute Gasteiger partial charge is 0.223 e. The highest BCUT2D eigenvalue weighted by molar-refractivity contribution is 7.92. The molecule has 0 unspecified atom stereocenters. The van der Waals surface area contributed by atoms with Crippen LogP contribution in [0.4, 0.5) is 22.0 Å². The lowest BCUT2D eigenvalue weighted by atomic mass is 9.80. The van der Waals surface area contributed by atoms with E-state index in [1.165, 1.54) is 35.1 Å². The van der Waals surface area contributed by atoms with E-state index in [0.717, 1.165) is 18.2 Å². The van der Waals surface area contributed by atoms with Crippen molar-refractivity contribution >= 4 is 25.9 Å². The summed E-state index contributed by atoms with van der Waals surface area (Å²) in [5, 5.41) is 0. The van der Waals surface area contributed by atoms with E-state index in [4.69, 9.17) is 0 Å². The molecule has 0 amide bonds. The molecule has 0 saturated heterocycles. The molecule has 1 aliphatic carbocycles. The van der Waals surface area contributed by atoms with Crippen LogP contribution in [0.3, 0.4) is 0 Å². The average Bonchev–Trinajstić information content (AvgIpc) is 2.75. The first-order chi connectivity index (χ1) is 15.2. The van der Waals surface area contributed by atoms with Gasteiger partial charge < -0.3 is 0 Å². The molecule has 2 aromatic rings. The second-order valence-electron chi connectivity index (χ2n) is 7.74. The summed E-state index contributed by atoms with van der Waals surface area (Å²) in [5.41, 5.74) is -5.37. The summed E-state index contributed by atoms with van der Waals surface area (Å²) < 4.78 is 117. The van der Waals surface area contributed by atoms with E-state index in [9.17, 15) is 38.8 Å². The van der Waals surface area contributed by atoms with Gasteiger partial charge in [0.05, 0.1) is 4.90 Å². The fourth-order valence-electron chi connectivity index (χ4n) is 4.03. The molecule has 1 aliphatic rings. The zero-order chi connectivity index (χ0) is 24.7. The van der Waals surface area contributed by atoms with Gasteiger partial charge in [-0.2, -0.15) is 13.2 Å². The van der Waals surface area contributed by atoms with Gasteiger partial charge in [0.15, 0.2) is 9.84 Å². The Bertz CT molecular complexity index is 1250. The van der Waals surface area contributed by atoms with Crippen molar-refractivity contribution in [3.8, 4) is 0 Å². The van der Waals surface area contributed by atoms with Crippen LogP contribution in [-0.4, -0.2) is 28.4 Å². The summed E-state index contributed by atoms with van der Waals surface area (Å²) in [6.07, 6.45) is -0.0469. The summed E-state index contributed by atoms with van der Waals surface area (Å²) in [5.74, 6) is -1.88. The van der Waals surface area contributed by atoms with E-state index in [1.54, 1.807) is 0 Å². The monoisotopic (exact) mass is 509 g/mol. The highest BCUT2D eigenvalue weighted by atomic mass is 32.2. The van der Waals surface area contributed by atoms with Gasteiger partial charge in [-0.1, -0.05) is 24.8 Å². The second kappa shape index (κ2) is 8.80. The number of hydrogen-bond acceptors (Lipinski definition) is 4. The van der Waals surface area contributed by atoms with Crippen LogP contribution in [-0.2, 0) is 24.6 Å². The van der Waals surface area contributed by atoms with Crippen molar-refractivity contribution in [1.29, 1.82) is 0 Å². The van der Waals surface area contributed by atoms with Crippen LogP contribution >= 0.6 is 0 Å². The van der Waals surface area contributed by atoms with Crippen molar-refractivity contribution < 1.29 is 38.8 Å². The minimum atomic E-state index is -5.65. The van der Waals surface area contributed by atoms with Crippen LogP contribution in [0.25, 0.3) is 6.08 Å². The first kappa shape index (κ1) is 25.3. The normalized spacial score (nSPS) is 22.2. The number of sulfonamides is 1. The van der Waals surface area contributed by atoms with Gasteiger partial charge in [-0.15, -0.1) is 0 Å². The van der Waals surface area contributed by atoms with Crippen molar-refractivity contribution in [3.05, 3.63) is 71.8 Å². The van der Waals surface area contributed by atoms with Crippen molar-refractivity contribution in [2.75, 3.05) is 0 Å². The fraction of sp³-hybridized carbons (Fsp3) is 0.333. The highest BCUT2D eigenvalue weighted by Crippen LogP contribution is 2.48.